The molecule has 0 fully saturated rings. The maximum atomic E-state index is 5.65. The second-order valence-corrected chi connectivity index (χ2v) is 7.00. The summed E-state index contributed by atoms with van der Waals surface area (Å²) in [5.41, 5.74) is 3.08. The molecule has 3 rings (SSSR count). The molecule has 3 heteroatoms. The first-order valence-electron chi connectivity index (χ1n) is 7.76. The van der Waals surface area contributed by atoms with E-state index in [4.69, 9.17) is 9.78 Å². The average Bonchev–Trinajstić information content (AvgIpc) is 2.81. The third kappa shape index (κ3) is 2.69. The molecule has 1 heterocycles. The summed E-state index contributed by atoms with van der Waals surface area (Å²) in [7, 11) is 0. The van der Waals surface area contributed by atoms with Crippen LogP contribution in [0.2, 0.25) is 0 Å². The van der Waals surface area contributed by atoms with Gasteiger partial charge in [-0.25, -0.2) is 0 Å². The van der Waals surface area contributed by atoms with Crippen LogP contribution in [0.1, 0.15) is 46.1 Å². The molecule has 0 atom stereocenters. The van der Waals surface area contributed by atoms with Gasteiger partial charge in [0, 0.05) is 21.9 Å². The third-order valence-electron chi connectivity index (χ3n) is 3.64. The van der Waals surface area contributed by atoms with Crippen LogP contribution >= 0.6 is 0 Å². The van der Waals surface area contributed by atoms with Crippen LogP contribution in [0.4, 0.5) is 0 Å². The van der Waals surface area contributed by atoms with Crippen LogP contribution in [0.3, 0.4) is 0 Å². The summed E-state index contributed by atoms with van der Waals surface area (Å²) in [5, 5.41) is 2.46. The van der Waals surface area contributed by atoms with Crippen molar-refractivity contribution in [3.05, 3.63) is 42.0 Å². The number of aromatic nitrogens is 1. The van der Waals surface area contributed by atoms with E-state index in [1.807, 2.05) is 32.9 Å². The Balaban J connectivity index is 2.17. The van der Waals surface area contributed by atoms with E-state index in [0.717, 1.165) is 22.3 Å². The monoisotopic (exact) mass is 297 g/mol. The van der Waals surface area contributed by atoms with Gasteiger partial charge >= 0.3 is 0 Å². The van der Waals surface area contributed by atoms with Gasteiger partial charge in [0.2, 0.25) is 0 Å². The molecule has 0 spiro atoms. The molecule has 116 valence electrons. The highest BCUT2D eigenvalue weighted by atomic mass is 17.2. The number of aromatic amines is 1. The quantitative estimate of drug-likeness (QED) is 0.507. The van der Waals surface area contributed by atoms with Crippen LogP contribution in [-0.4, -0.2) is 10.6 Å². The number of benzene rings is 2. The van der Waals surface area contributed by atoms with E-state index >= 15 is 0 Å². The van der Waals surface area contributed by atoms with Crippen molar-refractivity contribution in [3.8, 4) is 5.75 Å². The highest BCUT2D eigenvalue weighted by Crippen LogP contribution is 2.37. The van der Waals surface area contributed by atoms with E-state index < -0.39 is 0 Å². The topological polar surface area (TPSA) is 34.2 Å². The lowest BCUT2D eigenvalue weighted by Crippen LogP contribution is -2.21. The second-order valence-electron chi connectivity index (χ2n) is 7.00. The van der Waals surface area contributed by atoms with Crippen LogP contribution in [0.25, 0.3) is 21.8 Å². The normalized spacial score (nSPS) is 12.5. The van der Waals surface area contributed by atoms with Crippen LogP contribution in [0.15, 0.2) is 36.4 Å². The maximum Gasteiger partial charge on any atom is 0.170 e. The molecule has 0 aliphatic rings. The van der Waals surface area contributed by atoms with Gasteiger partial charge in [-0.3, -0.25) is 0 Å². The summed E-state index contributed by atoms with van der Waals surface area (Å²) in [6.07, 6.45) is 0. The van der Waals surface area contributed by atoms with E-state index in [2.05, 4.69) is 43.1 Å². The molecule has 0 bridgehead atoms. The zero-order valence-electron chi connectivity index (χ0n) is 13.9. The molecule has 0 amide bonds. The molecule has 0 radical (unpaired) electrons. The fourth-order valence-electron chi connectivity index (χ4n) is 2.74. The van der Waals surface area contributed by atoms with Gasteiger partial charge in [-0.1, -0.05) is 32.0 Å². The van der Waals surface area contributed by atoms with Crippen LogP contribution in [0.5, 0.6) is 5.75 Å². The summed E-state index contributed by atoms with van der Waals surface area (Å²) in [6.45, 7) is 10.3. The predicted octanol–water partition coefficient (Wildman–Crippen LogP) is 5.55. The summed E-state index contributed by atoms with van der Waals surface area (Å²) >= 11 is 0. The summed E-state index contributed by atoms with van der Waals surface area (Å²) in [6, 6.07) is 12.5. The van der Waals surface area contributed by atoms with Gasteiger partial charge < -0.3 is 9.87 Å². The molecule has 0 aliphatic heterocycles. The predicted molar refractivity (Wildman–Crippen MR) is 91.4 cm³/mol. The SMILES string of the molecule is CC(C)c1c(OOC(C)(C)C)ccc2c1[nH]c1ccccc12. The van der Waals surface area contributed by atoms with Crippen molar-refractivity contribution in [2.75, 3.05) is 0 Å². The van der Waals surface area contributed by atoms with Crippen molar-refractivity contribution in [1.29, 1.82) is 0 Å². The first kappa shape index (κ1) is 14.9. The van der Waals surface area contributed by atoms with Gasteiger partial charge in [0.05, 0.1) is 5.52 Å². The number of rotatable bonds is 3. The summed E-state index contributed by atoms with van der Waals surface area (Å²) in [4.78, 5) is 14.7. The van der Waals surface area contributed by atoms with Crippen LogP contribution in [0, 0.1) is 0 Å². The van der Waals surface area contributed by atoms with E-state index in [1.54, 1.807) is 0 Å². The van der Waals surface area contributed by atoms with E-state index in [0.29, 0.717) is 5.92 Å². The Morgan fingerprint density at radius 1 is 0.955 bits per heavy atom. The molecule has 1 aromatic heterocycles. The van der Waals surface area contributed by atoms with Crippen molar-refractivity contribution in [2.24, 2.45) is 0 Å². The highest BCUT2D eigenvalue weighted by Gasteiger charge is 2.19. The van der Waals surface area contributed by atoms with Gasteiger partial charge in [-0.05, 0) is 44.9 Å². The smallest absolute Gasteiger partial charge is 0.170 e. The van der Waals surface area contributed by atoms with Crippen molar-refractivity contribution in [2.45, 2.75) is 46.1 Å². The molecular weight excluding hydrogens is 274 g/mol. The molecule has 1 N–H and O–H groups in total. The fraction of sp³-hybridized carbons (Fsp3) is 0.368. The van der Waals surface area contributed by atoms with Gasteiger partial charge in [0.25, 0.3) is 0 Å². The lowest BCUT2D eigenvalue weighted by atomic mass is 9.99. The summed E-state index contributed by atoms with van der Waals surface area (Å²) in [5.74, 6) is 1.11. The van der Waals surface area contributed by atoms with E-state index in [-0.39, 0.29) is 5.60 Å². The van der Waals surface area contributed by atoms with Crippen LogP contribution < -0.4 is 4.89 Å². The van der Waals surface area contributed by atoms with E-state index in [1.165, 1.54) is 10.8 Å². The van der Waals surface area contributed by atoms with E-state index in [9.17, 15) is 0 Å². The maximum absolute atomic E-state index is 5.65. The van der Waals surface area contributed by atoms with Gasteiger partial charge in [0.1, 0.15) is 5.60 Å². The Kier molecular flexibility index (Phi) is 3.61. The number of nitrogens with one attached hydrogen (secondary N) is 1. The number of hydrogen-bond acceptors (Lipinski definition) is 2. The van der Waals surface area contributed by atoms with Gasteiger partial charge in [-0.15, -0.1) is 0 Å². The Morgan fingerprint density at radius 2 is 1.68 bits per heavy atom. The van der Waals surface area contributed by atoms with Gasteiger partial charge in [0.15, 0.2) is 5.75 Å². The Morgan fingerprint density at radius 3 is 2.36 bits per heavy atom. The average molecular weight is 297 g/mol. The van der Waals surface area contributed by atoms with Crippen molar-refractivity contribution in [1.82, 2.24) is 4.98 Å². The minimum absolute atomic E-state index is 0.329. The number of hydrogen-bond donors (Lipinski definition) is 1. The molecule has 0 saturated heterocycles. The molecule has 0 aliphatic carbocycles. The molecule has 3 aromatic rings. The van der Waals surface area contributed by atoms with Crippen molar-refractivity contribution in [3.63, 3.8) is 0 Å². The van der Waals surface area contributed by atoms with Crippen molar-refractivity contribution >= 4 is 21.8 Å². The molecule has 0 saturated carbocycles. The van der Waals surface area contributed by atoms with Gasteiger partial charge in [-0.2, -0.15) is 4.89 Å². The Hall–Kier alpha value is -2.00. The second kappa shape index (κ2) is 5.33. The highest BCUT2D eigenvalue weighted by molar-refractivity contribution is 6.08. The zero-order chi connectivity index (χ0) is 15.9. The lowest BCUT2D eigenvalue weighted by Gasteiger charge is -2.20. The Bertz CT molecular complexity index is 809. The number of fused-ring (bicyclic) bond motifs is 3. The largest absolute Gasteiger partial charge is 0.354 e. The molecule has 3 nitrogen and oxygen atoms in total. The minimum Gasteiger partial charge on any atom is -0.354 e. The first-order valence-corrected chi connectivity index (χ1v) is 7.76. The minimum atomic E-state index is -0.344. The first-order chi connectivity index (χ1) is 10.4. The molecule has 2 aromatic carbocycles. The fourth-order valence-corrected chi connectivity index (χ4v) is 2.74. The van der Waals surface area contributed by atoms with Crippen LogP contribution in [-0.2, 0) is 4.89 Å². The molecule has 0 unspecified atom stereocenters. The zero-order valence-corrected chi connectivity index (χ0v) is 13.9. The molecular formula is C19H23NO2. The third-order valence-corrected chi connectivity index (χ3v) is 3.64. The number of para-hydroxylation sites is 1. The number of H-pyrrole nitrogens is 1. The lowest BCUT2D eigenvalue weighted by molar-refractivity contribution is -0.275. The summed E-state index contributed by atoms with van der Waals surface area (Å²) < 4.78 is 0. The van der Waals surface area contributed by atoms with Crippen molar-refractivity contribution < 1.29 is 9.78 Å². The molecule has 22 heavy (non-hydrogen) atoms. The Labute approximate surface area is 131 Å². The standard InChI is InChI=1S/C19H23NO2/c1-12(2)17-16(21-22-19(3,4)5)11-10-14-13-8-6-7-9-15(13)20-18(14)17/h6-12,20H,1-5H3.